The Morgan fingerprint density at radius 1 is 1.29 bits per heavy atom. The monoisotopic (exact) mass is 345 g/mol. The summed E-state index contributed by atoms with van der Waals surface area (Å²) in [6.45, 7) is 3.29. The summed E-state index contributed by atoms with van der Waals surface area (Å²) in [7, 11) is 0. The van der Waals surface area contributed by atoms with E-state index in [2.05, 4.69) is 30.5 Å². The van der Waals surface area contributed by atoms with Gasteiger partial charge in [-0.05, 0) is 12.1 Å². The molecule has 1 saturated heterocycles. The first-order chi connectivity index (χ1) is 11.8. The van der Waals surface area contributed by atoms with Gasteiger partial charge in [-0.2, -0.15) is 5.10 Å². The number of thiazole rings is 1. The Morgan fingerprint density at radius 3 is 2.96 bits per heavy atom. The van der Waals surface area contributed by atoms with Crippen molar-refractivity contribution in [2.24, 2.45) is 0 Å². The first-order valence-corrected chi connectivity index (χ1v) is 8.40. The van der Waals surface area contributed by atoms with Crippen molar-refractivity contribution in [1.29, 1.82) is 0 Å². The summed E-state index contributed by atoms with van der Waals surface area (Å²) in [6.07, 6.45) is 1.49. The van der Waals surface area contributed by atoms with Crippen molar-refractivity contribution in [3.05, 3.63) is 35.2 Å². The number of rotatable bonds is 4. The number of carbonyl (C=O) groups excluding carboxylic acids is 1. The molecule has 4 heterocycles. The molecule has 0 unspecified atom stereocenters. The SMILES string of the molecule is O=C(NCc1csc2ncnn12)c1ccc(N2CCOCC2)nn1. The molecule has 24 heavy (non-hydrogen) atoms. The lowest BCUT2D eigenvalue weighted by Gasteiger charge is -2.27. The zero-order valence-electron chi connectivity index (χ0n) is 12.8. The lowest BCUT2D eigenvalue weighted by Crippen LogP contribution is -2.37. The van der Waals surface area contributed by atoms with Crippen LogP contribution in [0, 0.1) is 0 Å². The first-order valence-electron chi connectivity index (χ1n) is 7.52. The Morgan fingerprint density at radius 2 is 2.17 bits per heavy atom. The molecule has 4 rings (SSSR count). The van der Waals surface area contributed by atoms with Crippen LogP contribution in [0.25, 0.3) is 4.96 Å². The van der Waals surface area contributed by atoms with Crippen molar-refractivity contribution in [3.8, 4) is 0 Å². The second-order valence-corrected chi connectivity index (χ2v) is 6.08. The van der Waals surface area contributed by atoms with Gasteiger partial charge in [-0.25, -0.2) is 9.50 Å². The molecule has 0 bridgehead atoms. The molecular weight excluding hydrogens is 330 g/mol. The van der Waals surface area contributed by atoms with Crippen molar-refractivity contribution in [1.82, 2.24) is 30.1 Å². The molecule has 0 aromatic carbocycles. The molecule has 3 aromatic heterocycles. The van der Waals surface area contributed by atoms with E-state index in [0.717, 1.165) is 29.6 Å². The number of fused-ring (bicyclic) bond motifs is 1. The van der Waals surface area contributed by atoms with Crippen LogP contribution in [0.1, 0.15) is 16.2 Å². The van der Waals surface area contributed by atoms with Gasteiger partial charge in [0.15, 0.2) is 11.5 Å². The molecule has 0 spiro atoms. The highest BCUT2D eigenvalue weighted by Crippen LogP contribution is 2.13. The van der Waals surface area contributed by atoms with Crippen molar-refractivity contribution in [2.45, 2.75) is 6.54 Å². The molecule has 3 aromatic rings. The summed E-state index contributed by atoms with van der Waals surface area (Å²) in [5.74, 6) is 0.493. The summed E-state index contributed by atoms with van der Waals surface area (Å²) in [5, 5.41) is 17.0. The normalized spacial score (nSPS) is 14.9. The Bertz CT molecular complexity index is 838. The van der Waals surface area contributed by atoms with E-state index in [9.17, 15) is 4.79 Å². The van der Waals surface area contributed by atoms with E-state index < -0.39 is 0 Å². The standard InChI is InChI=1S/C14H15N7O2S/c22-13(15-7-10-8-24-14-16-9-17-21(10)14)11-1-2-12(19-18-11)20-3-5-23-6-4-20/h1-2,8-9H,3-7H2,(H,15,22). The lowest BCUT2D eigenvalue weighted by atomic mass is 10.3. The second-order valence-electron chi connectivity index (χ2n) is 5.24. The Labute approximate surface area is 141 Å². The average Bonchev–Trinajstić information content (AvgIpc) is 3.25. The molecule has 1 N–H and O–H groups in total. The van der Waals surface area contributed by atoms with Crippen molar-refractivity contribution in [3.63, 3.8) is 0 Å². The van der Waals surface area contributed by atoms with E-state index in [-0.39, 0.29) is 11.6 Å². The van der Waals surface area contributed by atoms with E-state index in [0.29, 0.717) is 19.8 Å². The molecule has 0 radical (unpaired) electrons. The Balaban J connectivity index is 1.40. The van der Waals surface area contributed by atoms with E-state index in [1.807, 2.05) is 11.4 Å². The summed E-state index contributed by atoms with van der Waals surface area (Å²) >= 11 is 1.48. The number of morpholine rings is 1. The smallest absolute Gasteiger partial charge is 0.272 e. The van der Waals surface area contributed by atoms with Crippen LogP contribution in [0.2, 0.25) is 0 Å². The molecule has 10 heteroatoms. The van der Waals surface area contributed by atoms with E-state index in [1.165, 1.54) is 17.7 Å². The van der Waals surface area contributed by atoms with Gasteiger partial charge in [-0.3, -0.25) is 4.79 Å². The van der Waals surface area contributed by atoms with Crippen LogP contribution in [0.15, 0.2) is 23.8 Å². The van der Waals surface area contributed by atoms with Crippen LogP contribution in [-0.2, 0) is 11.3 Å². The largest absolute Gasteiger partial charge is 0.378 e. The summed E-state index contributed by atoms with van der Waals surface area (Å²) < 4.78 is 7.02. The van der Waals surface area contributed by atoms with Gasteiger partial charge in [-0.15, -0.1) is 21.5 Å². The third-order valence-corrected chi connectivity index (χ3v) is 4.62. The number of nitrogens with one attached hydrogen (secondary N) is 1. The molecule has 1 amide bonds. The topological polar surface area (TPSA) is 97.5 Å². The van der Waals surface area contributed by atoms with E-state index >= 15 is 0 Å². The minimum absolute atomic E-state index is 0.268. The predicted molar refractivity (Wildman–Crippen MR) is 87.1 cm³/mol. The minimum Gasteiger partial charge on any atom is -0.378 e. The maximum Gasteiger partial charge on any atom is 0.272 e. The van der Waals surface area contributed by atoms with Gasteiger partial charge in [0.1, 0.15) is 6.33 Å². The highest BCUT2D eigenvalue weighted by molar-refractivity contribution is 7.15. The second kappa shape index (κ2) is 6.49. The van der Waals surface area contributed by atoms with Crippen LogP contribution in [0.5, 0.6) is 0 Å². The quantitative estimate of drug-likeness (QED) is 0.728. The van der Waals surface area contributed by atoms with Crippen LogP contribution in [0.4, 0.5) is 5.82 Å². The van der Waals surface area contributed by atoms with Crippen molar-refractivity contribution >= 4 is 28.0 Å². The third-order valence-electron chi connectivity index (χ3n) is 3.74. The van der Waals surface area contributed by atoms with Gasteiger partial charge in [0.05, 0.1) is 25.5 Å². The van der Waals surface area contributed by atoms with Gasteiger partial charge in [-0.1, -0.05) is 0 Å². The molecule has 0 aliphatic carbocycles. The number of hydrogen-bond donors (Lipinski definition) is 1. The Hall–Kier alpha value is -2.59. The summed E-state index contributed by atoms with van der Waals surface area (Å²) in [6, 6.07) is 3.50. The fourth-order valence-electron chi connectivity index (χ4n) is 2.46. The van der Waals surface area contributed by atoms with E-state index in [1.54, 1.807) is 10.6 Å². The van der Waals surface area contributed by atoms with Crippen LogP contribution in [0.3, 0.4) is 0 Å². The fourth-order valence-corrected chi connectivity index (χ4v) is 3.26. The Kier molecular flexibility index (Phi) is 4.05. The summed E-state index contributed by atoms with van der Waals surface area (Å²) in [5.41, 5.74) is 1.16. The molecule has 1 fully saturated rings. The van der Waals surface area contributed by atoms with Gasteiger partial charge in [0.2, 0.25) is 4.96 Å². The number of hydrogen-bond acceptors (Lipinski definition) is 8. The number of anilines is 1. The van der Waals surface area contributed by atoms with Crippen molar-refractivity contribution < 1.29 is 9.53 Å². The molecule has 1 aliphatic heterocycles. The maximum absolute atomic E-state index is 12.2. The fraction of sp³-hybridized carbons (Fsp3) is 0.357. The molecule has 124 valence electrons. The zero-order valence-corrected chi connectivity index (χ0v) is 13.6. The molecule has 0 saturated carbocycles. The average molecular weight is 345 g/mol. The van der Waals surface area contributed by atoms with Crippen LogP contribution in [-0.4, -0.2) is 57.0 Å². The minimum atomic E-state index is -0.268. The zero-order chi connectivity index (χ0) is 16.4. The third kappa shape index (κ3) is 2.93. The molecule has 0 atom stereocenters. The lowest BCUT2D eigenvalue weighted by molar-refractivity contribution is 0.0944. The van der Waals surface area contributed by atoms with Gasteiger partial charge < -0.3 is 15.0 Å². The maximum atomic E-state index is 12.2. The van der Waals surface area contributed by atoms with Gasteiger partial charge >= 0.3 is 0 Å². The number of aromatic nitrogens is 5. The predicted octanol–water partition coefficient (Wildman–Crippen LogP) is 0.347. The molecule has 9 nitrogen and oxygen atoms in total. The highest BCUT2D eigenvalue weighted by atomic mass is 32.1. The number of ether oxygens (including phenoxy) is 1. The van der Waals surface area contributed by atoms with Crippen LogP contribution >= 0.6 is 11.3 Å². The number of nitrogens with zero attached hydrogens (tertiary/aromatic N) is 6. The summed E-state index contributed by atoms with van der Waals surface area (Å²) in [4.78, 5) is 19.2. The van der Waals surface area contributed by atoms with Crippen molar-refractivity contribution in [2.75, 3.05) is 31.2 Å². The highest BCUT2D eigenvalue weighted by Gasteiger charge is 2.15. The van der Waals surface area contributed by atoms with Gasteiger partial charge in [0.25, 0.3) is 5.91 Å². The first kappa shape index (κ1) is 15.0. The molecular formula is C14H15N7O2S. The molecule has 1 aliphatic rings. The van der Waals surface area contributed by atoms with Gasteiger partial charge in [0, 0.05) is 18.5 Å². The van der Waals surface area contributed by atoms with E-state index in [4.69, 9.17) is 4.74 Å². The number of amides is 1. The number of carbonyl (C=O) groups is 1. The van der Waals surface area contributed by atoms with Crippen LogP contribution < -0.4 is 10.2 Å².